The molecule has 1 aromatic heterocycles. The molecule has 3 aromatic rings. The van der Waals surface area contributed by atoms with Gasteiger partial charge in [0.1, 0.15) is 11.6 Å². The normalized spacial score (nSPS) is 19.2. The molecule has 3 N–H and O–H groups in total. The lowest BCUT2D eigenvalue weighted by molar-refractivity contribution is -0.908. The van der Waals surface area contributed by atoms with Crippen molar-refractivity contribution in [1.29, 1.82) is 0 Å². The first kappa shape index (κ1) is 20.8. The lowest BCUT2D eigenvalue weighted by Gasteiger charge is -2.32. The molecule has 1 unspecified atom stereocenters. The Bertz CT molecular complexity index is 1310. The molecular formula is C24H26N3O4S+. The summed E-state index contributed by atoms with van der Waals surface area (Å²) in [5, 5.41) is 11.4. The Morgan fingerprint density at radius 3 is 2.56 bits per heavy atom. The summed E-state index contributed by atoms with van der Waals surface area (Å²) in [4.78, 5) is 17.0. The molecule has 0 saturated heterocycles. The number of nitrogens with zero attached hydrogens (tertiary/aromatic N) is 1. The Kier molecular flexibility index (Phi) is 5.06. The molecule has 2 aliphatic heterocycles. The van der Waals surface area contributed by atoms with Gasteiger partial charge in [0.2, 0.25) is 12.7 Å². The van der Waals surface area contributed by atoms with Gasteiger partial charge in [0, 0.05) is 12.0 Å². The van der Waals surface area contributed by atoms with Crippen LogP contribution in [0.4, 0.5) is 0 Å². The van der Waals surface area contributed by atoms with E-state index in [-0.39, 0.29) is 29.0 Å². The van der Waals surface area contributed by atoms with Crippen LogP contribution in [0.2, 0.25) is 0 Å². The maximum absolute atomic E-state index is 13.1. The van der Waals surface area contributed by atoms with E-state index in [9.17, 15) is 9.90 Å². The van der Waals surface area contributed by atoms with Crippen molar-refractivity contribution in [3.8, 4) is 23.1 Å². The zero-order valence-corrected chi connectivity index (χ0v) is 19.1. The number of likely N-dealkylation sites (N-methyl/N-ethyl adjacent to an activating group) is 1. The molecule has 0 spiro atoms. The minimum Gasteiger partial charge on any atom is -0.494 e. The molecule has 0 amide bonds. The molecule has 5 rings (SSSR count). The van der Waals surface area contributed by atoms with Gasteiger partial charge in [0.25, 0.3) is 5.56 Å². The van der Waals surface area contributed by atoms with Gasteiger partial charge in [-0.3, -0.25) is 14.3 Å². The van der Waals surface area contributed by atoms with Crippen molar-refractivity contribution < 1.29 is 19.5 Å². The van der Waals surface area contributed by atoms with E-state index in [1.54, 1.807) is 0 Å². The fourth-order valence-corrected chi connectivity index (χ4v) is 4.96. The highest BCUT2D eigenvalue weighted by Gasteiger charge is 2.37. The van der Waals surface area contributed by atoms with Crippen LogP contribution in [-0.4, -0.2) is 35.0 Å². The fourth-order valence-electron chi connectivity index (χ4n) is 4.68. The third kappa shape index (κ3) is 3.30. The van der Waals surface area contributed by atoms with E-state index in [4.69, 9.17) is 21.7 Å². The minimum absolute atomic E-state index is 0.133. The number of aromatic hydroxyl groups is 1. The summed E-state index contributed by atoms with van der Waals surface area (Å²) in [6.45, 7) is 5.26. The molecule has 2 aliphatic rings. The van der Waals surface area contributed by atoms with Crippen LogP contribution in [0.3, 0.4) is 0 Å². The Labute approximate surface area is 190 Å². The molecule has 2 atom stereocenters. The molecule has 0 saturated carbocycles. The molecule has 3 heterocycles. The second-order valence-corrected chi connectivity index (χ2v) is 9.15. The molecule has 32 heavy (non-hydrogen) atoms. The second-order valence-electron chi connectivity index (χ2n) is 8.76. The van der Waals surface area contributed by atoms with Crippen LogP contribution in [0.5, 0.6) is 17.4 Å². The minimum atomic E-state index is -0.377. The van der Waals surface area contributed by atoms with Gasteiger partial charge in [-0.2, -0.15) is 0 Å². The van der Waals surface area contributed by atoms with E-state index in [0.717, 1.165) is 34.7 Å². The molecule has 0 fully saturated rings. The van der Waals surface area contributed by atoms with Crippen LogP contribution < -0.4 is 19.9 Å². The highest BCUT2D eigenvalue weighted by Crippen LogP contribution is 2.39. The summed E-state index contributed by atoms with van der Waals surface area (Å²) in [7, 11) is 2.03. The number of aromatic nitrogens is 2. The Balaban J connectivity index is 1.69. The van der Waals surface area contributed by atoms with Crippen LogP contribution in [0.15, 0.2) is 41.2 Å². The zero-order chi connectivity index (χ0) is 22.6. The number of ether oxygens (including phenoxy) is 2. The number of benzene rings is 2. The standard InChI is InChI=1S/C24H25N3O4S/c1-13(2)14-4-6-16(7-5-14)27-23(29)20(22(28)25-24(27)32)21-17-11-19-18(30-12-31-19)10-15(17)8-9-26(21)3/h4-7,10-11,13,21,29H,8-9,12H2,1-3H3,(H,25,28,32)/p+1/t21-/m1/s1. The zero-order valence-electron chi connectivity index (χ0n) is 18.3. The number of nitrogens with one attached hydrogen (secondary N) is 2. The van der Waals surface area contributed by atoms with Crippen molar-refractivity contribution in [2.75, 3.05) is 20.4 Å². The molecule has 8 heteroatoms. The lowest BCUT2D eigenvalue weighted by Crippen LogP contribution is -3.10. The molecular weight excluding hydrogens is 426 g/mol. The van der Waals surface area contributed by atoms with E-state index >= 15 is 0 Å². The first-order valence-corrected chi connectivity index (χ1v) is 11.2. The maximum Gasteiger partial charge on any atom is 0.265 e. The lowest BCUT2D eigenvalue weighted by atomic mass is 9.88. The number of rotatable bonds is 3. The molecule has 0 bridgehead atoms. The number of hydrogen-bond acceptors (Lipinski definition) is 5. The van der Waals surface area contributed by atoms with Crippen LogP contribution in [0.1, 0.15) is 48.1 Å². The number of hydrogen-bond donors (Lipinski definition) is 3. The predicted molar refractivity (Wildman–Crippen MR) is 123 cm³/mol. The van der Waals surface area contributed by atoms with E-state index in [1.165, 1.54) is 10.1 Å². The van der Waals surface area contributed by atoms with Gasteiger partial charge in [0.15, 0.2) is 16.3 Å². The Morgan fingerprint density at radius 1 is 1.19 bits per heavy atom. The number of aromatic amines is 1. The van der Waals surface area contributed by atoms with Crippen molar-refractivity contribution in [3.63, 3.8) is 0 Å². The average Bonchev–Trinajstić information content (AvgIpc) is 3.21. The first-order valence-electron chi connectivity index (χ1n) is 10.8. The average molecular weight is 453 g/mol. The smallest absolute Gasteiger partial charge is 0.265 e. The van der Waals surface area contributed by atoms with Gasteiger partial charge >= 0.3 is 0 Å². The molecule has 2 aromatic carbocycles. The summed E-state index contributed by atoms with van der Waals surface area (Å²) in [6, 6.07) is 11.4. The summed E-state index contributed by atoms with van der Waals surface area (Å²) >= 11 is 5.43. The van der Waals surface area contributed by atoms with Crippen molar-refractivity contribution >= 4 is 12.2 Å². The molecule has 166 valence electrons. The molecule has 0 radical (unpaired) electrons. The predicted octanol–water partition coefficient (Wildman–Crippen LogP) is 2.61. The second kappa shape index (κ2) is 7.79. The van der Waals surface area contributed by atoms with Crippen LogP contribution in [0.25, 0.3) is 5.69 Å². The number of fused-ring (bicyclic) bond motifs is 2. The highest BCUT2D eigenvalue weighted by atomic mass is 32.1. The molecule has 7 nitrogen and oxygen atoms in total. The van der Waals surface area contributed by atoms with Gasteiger partial charge in [-0.05, 0) is 53.5 Å². The van der Waals surface area contributed by atoms with Crippen LogP contribution >= 0.6 is 12.2 Å². The highest BCUT2D eigenvalue weighted by molar-refractivity contribution is 7.71. The third-order valence-corrected chi connectivity index (χ3v) is 6.74. The Morgan fingerprint density at radius 2 is 1.88 bits per heavy atom. The van der Waals surface area contributed by atoms with E-state index < -0.39 is 0 Å². The van der Waals surface area contributed by atoms with Crippen LogP contribution in [0, 0.1) is 4.77 Å². The van der Waals surface area contributed by atoms with Crippen molar-refractivity contribution in [1.82, 2.24) is 9.55 Å². The van der Waals surface area contributed by atoms with Gasteiger partial charge < -0.3 is 19.5 Å². The van der Waals surface area contributed by atoms with Gasteiger partial charge in [0.05, 0.1) is 19.3 Å². The van der Waals surface area contributed by atoms with Gasteiger partial charge in [-0.1, -0.05) is 26.0 Å². The topological polar surface area (TPSA) is 80.9 Å². The summed E-state index contributed by atoms with van der Waals surface area (Å²) < 4.78 is 12.8. The Hall–Kier alpha value is -3.10. The first-order chi connectivity index (χ1) is 15.3. The van der Waals surface area contributed by atoms with E-state index in [0.29, 0.717) is 22.9 Å². The number of quaternary nitrogens is 1. The fraction of sp³-hybridized carbons (Fsp3) is 0.333. The van der Waals surface area contributed by atoms with E-state index in [1.807, 2.05) is 43.4 Å². The van der Waals surface area contributed by atoms with Crippen LogP contribution in [-0.2, 0) is 6.42 Å². The summed E-state index contributed by atoms with van der Waals surface area (Å²) in [5.41, 5.74) is 3.86. The largest absolute Gasteiger partial charge is 0.494 e. The number of H-pyrrole nitrogens is 1. The third-order valence-electron chi connectivity index (χ3n) is 6.45. The van der Waals surface area contributed by atoms with Crippen molar-refractivity contribution in [3.05, 3.63) is 73.8 Å². The SMILES string of the molecule is CC(C)c1ccc(-n2c(O)c([C@H]3c4cc5c(cc4CC[NH+]3C)OCO5)c(=O)[nH]c2=S)cc1. The van der Waals surface area contributed by atoms with Gasteiger partial charge in [-0.25, -0.2) is 0 Å². The summed E-state index contributed by atoms with van der Waals surface area (Å²) in [5.74, 6) is 1.64. The van der Waals surface area contributed by atoms with Gasteiger partial charge in [-0.15, -0.1) is 0 Å². The van der Waals surface area contributed by atoms with E-state index in [2.05, 4.69) is 18.8 Å². The van der Waals surface area contributed by atoms with Crippen molar-refractivity contribution in [2.45, 2.75) is 32.2 Å². The maximum atomic E-state index is 13.1. The summed E-state index contributed by atoms with van der Waals surface area (Å²) in [6.07, 6.45) is 0.850. The van der Waals surface area contributed by atoms with Crippen molar-refractivity contribution in [2.24, 2.45) is 0 Å². The monoisotopic (exact) mass is 452 g/mol. The quantitative estimate of drug-likeness (QED) is 0.533. The molecule has 0 aliphatic carbocycles.